The van der Waals surface area contributed by atoms with Gasteiger partial charge in [0.1, 0.15) is 0 Å². The van der Waals surface area contributed by atoms with Crippen LogP contribution in [0.25, 0.3) is 62.6 Å². The second-order valence-electron chi connectivity index (χ2n) is 33.4. The monoisotopic (exact) mass is 1580 g/mol. The van der Waals surface area contributed by atoms with Crippen molar-refractivity contribution in [1.29, 1.82) is 0 Å². The van der Waals surface area contributed by atoms with Crippen LogP contribution in [0.2, 0.25) is 0 Å². The number of aryl methyl sites for hydroxylation is 6. The van der Waals surface area contributed by atoms with Crippen molar-refractivity contribution in [2.24, 2.45) is 0 Å². The Morgan fingerprint density at radius 2 is 0.231 bits per heavy atom. The molecule has 1 aromatic carbocycles. The maximum atomic E-state index is 2.63. The zero-order valence-electron chi connectivity index (χ0n) is 71.0. The van der Waals surface area contributed by atoms with E-state index in [-0.39, 0.29) is 0 Å². The smallest absolute Gasteiger partial charge is 0.0359 e. The van der Waals surface area contributed by atoms with Crippen LogP contribution in [0.1, 0.15) is 456 Å². The minimum atomic E-state index is 1.19. The average Bonchev–Trinajstić information content (AvgIpc) is 1.53. The molecule has 0 aliphatic heterocycles. The molecule has 0 spiro atoms. The number of benzene rings is 1. The predicted octanol–water partition coefficient (Wildman–Crippen LogP) is 38.8. The fourth-order valence-electron chi connectivity index (χ4n) is 16.8. The molecule has 6 heteroatoms. The minimum Gasteiger partial charge on any atom is -0.140 e. The van der Waals surface area contributed by atoms with Gasteiger partial charge in [0.15, 0.2) is 0 Å². The molecule has 0 atom stereocenters. The molecule has 0 amide bonds. The van der Waals surface area contributed by atoms with Gasteiger partial charge in [0.25, 0.3) is 0 Å². The molecule has 6 aromatic heterocycles. The van der Waals surface area contributed by atoms with Crippen molar-refractivity contribution in [3.8, 4) is 62.6 Å². The van der Waals surface area contributed by atoms with Gasteiger partial charge in [-0.15, -0.1) is 68.0 Å². The van der Waals surface area contributed by atoms with Gasteiger partial charge in [0.2, 0.25) is 0 Å². The lowest BCUT2D eigenvalue weighted by atomic mass is 9.82. The molecule has 0 aliphatic rings. The van der Waals surface area contributed by atoms with E-state index in [0.717, 1.165) is 0 Å². The molecule has 0 bridgehead atoms. The van der Waals surface area contributed by atoms with Gasteiger partial charge >= 0.3 is 0 Å². The van der Waals surface area contributed by atoms with Gasteiger partial charge in [-0.05, 0) is 150 Å². The number of rotatable bonds is 72. The first-order valence-electron chi connectivity index (χ1n) is 47.3. The zero-order chi connectivity index (χ0) is 75.8. The van der Waals surface area contributed by atoms with E-state index in [1.165, 1.54) is 486 Å². The summed E-state index contributed by atoms with van der Waals surface area (Å²) in [5.74, 6) is 0. The zero-order valence-corrected chi connectivity index (χ0v) is 75.9. The highest BCUT2D eigenvalue weighted by molar-refractivity contribution is 7.19. The minimum absolute atomic E-state index is 1.19. The first-order chi connectivity index (χ1) is 53.5. The SMILES string of the molecule is CCCCCCCCCCCCc1ccc(-c2c(-c3ccc(CCCCCCCCCCCC)s3)c(-c3ccc(CCCCCCCCCCCC)s3)c(-c3ccc(CCCCCCCCCCCC)s3)c(-c3ccc(CCCCCCCCCCCC)s3)c2-c2ccc(CCCCCCCCCCCC)s2)s1. The molecular formula is C102H162S6. The van der Waals surface area contributed by atoms with E-state index in [2.05, 4.69) is 182 Å². The van der Waals surface area contributed by atoms with Crippen molar-refractivity contribution >= 4 is 68.0 Å². The molecule has 0 aliphatic carbocycles. The van der Waals surface area contributed by atoms with Crippen molar-refractivity contribution < 1.29 is 0 Å². The first kappa shape index (κ1) is 92.6. The maximum absolute atomic E-state index is 2.63. The molecule has 0 nitrogen and oxygen atoms in total. The third-order valence-corrected chi connectivity index (χ3v) is 30.6. The molecule has 0 saturated carbocycles. The van der Waals surface area contributed by atoms with E-state index in [1.807, 2.05) is 0 Å². The van der Waals surface area contributed by atoms with Crippen molar-refractivity contribution in [2.45, 2.75) is 465 Å². The van der Waals surface area contributed by atoms with Crippen LogP contribution in [-0.4, -0.2) is 0 Å². The van der Waals surface area contributed by atoms with Crippen molar-refractivity contribution in [3.05, 3.63) is 102 Å². The van der Waals surface area contributed by atoms with E-state index in [9.17, 15) is 0 Å². The summed E-state index contributed by atoms with van der Waals surface area (Å²) >= 11 is 13.0. The lowest BCUT2D eigenvalue weighted by molar-refractivity contribution is 0.557. The van der Waals surface area contributed by atoms with Crippen LogP contribution in [0, 0.1) is 0 Å². The molecule has 0 fully saturated rings. The largest absolute Gasteiger partial charge is 0.140 e. The fourth-order valence-corrected chi connectivity index (χ4v) is 23.5. The Bertz CT molecular complexity index is 2680. The third kappa shape index (κ3) is 36.9. The molecule has 606 valence electrons. The summed E-state index contributed by atoms with van der Waals surface area (Å²) in [5.41, 5.74) is 9.16. The van der Waals surface area contributed by atoms with Crippen LogP contribution >= 0.6 is 68.0 Å². The number of hydrogen-bond acceptors (Lipinski definition) is 6. The van der Waals surface area contributed by atoms with E-state index in [1.54, 1.807) is 29.3 Å². The molecule has 0 radical (unpaired) electrons. The summed E-state index contributed by atoms with van der Waals surface area (Å²) in [4.78, 5) is 18.4. The van der Waals surface area contributed by atoms with Crippen LogP contribution in [-0.2, 0) is 38.5 Å². The van der Waals surface area contributed by atoms with Crippen molar-refractivity contribution in [2.75, 3.05) is 0 Å². The normalized spacial score (nSPS) is 11.8. The quantitative estimate of drug-likeness (QED) is 0.0333. The molecule has 0 saturated heterocycles. The second kappa shape index (κ2) is 60.9. The van der Waals surface area contributed by atoms with E-state index in [0.29, 0.717) is 0 Å². The Balaban J connectivity index is 1.37. The fraction of sp³-hybridized carbons (Fsp3) is 0.706. The van der Waals surface area contributed by atoms with E-state index < -0.39 is 0 Å². The molecule has 108 heavy (non-hydrogen) atoms. The van der Waals surface area contributed by atoms with Gasteiger partial charge in [0.05, 0.1) is 0 Å². The Hall–Kier alpha value is -2.58. The van der Waals surface area contributed by atoms with Gasteiger partial charge in [-0.25, -0.2) is 0 Å². The molecule has 7 aromatic rings. The van der Waals surface area contributed by atoms with Crippen LogP contribution in [0.4, 0.5) is 0 Å². The summed E-state index contributed by atoms with van der Waals surface area (Å²) in [7, 11) is 0. The van der Waals surface area contributed by atoms with Gasteiger partial charge in [-0.3, -0.25) is 0 Å². The van der Waals surface area contributed by atoms with Crippen molar-refractivity contribution in [3.63, 3.8) is 0 Å². The van der Waals surface area contributed by atoms with Crippen LogP contribution < -0.4 is 0 Å². The molecular weight excluding hydrogens is 1420 g/mol. The second-order valence-corrected chi connectivity index (χ2v) is 40.4. The number of hydrogen-bond donors (Lipinski definition) is 0. The van der Waals surface area contributed by atoms with E-state index in [4.69, 9.17) is 0 Å². The number of unbranched alkanes of at least 4 members (excludes halogenated alkanes) is 54. The van der Waals surface area contributed by atoms with Gasteiger partial charge in [-0.2, -0.15) is 0 Å². The lowest BCUT2D eigenvalue weighted by Crippen LogP contribution is -1.98. The van der Waals surface area contributed by atoms with Crippen LogP contribution in [0.15, 0.2) is 72.8 Å². The highest BCUT2D eigenvalue weighted by atomic mass is 32.1. The lowest BCUT2D eigenvalue weighted by Gasteiger charge is -2.25. The summed E-state index contributed by atoms with van der Waals surface area (Å²) < 4.78 is 0. The Morgan fingerprint density at radius 1 is 0.130 bits per heavy atom. The Kier molecular flexibility index (Phi) is 52.2. The standard InChI is InChI=1S/C102H162S6/c1-7-13-19-25-31-37-43-49-55-61-67-85-73-79-91(103-85)97-98(92-80-74-86(104-92)68-62-56-50-44-38-32-26-20-14-8-2)100(94-82-76-88(106-94)70-64-58-52-46-40-34-28-22-16-10-4)102(96-84-78-90(108-96)72-66-60-54-48-42-36-30-24-18-12-6)101(95-83-77-89(107-95)71-65-59-53-47-41-35-29-23-17-11-5)99(97)93-81-75-87(105-93)69-63-57-51-45-39-33-27-21-15-9-3/h73-84H,7-72H2,1-6H3. The summed E-state index contributed by atoms with van der Waals surface area (Å²) in [6.07, 6.45) is 90.0. The highest BCUT2D eigenvalue weighted by Gasteiger charge is 2.33. The average molecular weight is 1580 g/mol. The van der Waals surface area contributed by atoms with E-state index >= 15 is 0 Å². The maximum Gasteiger partial charge on any atom is 0.0359 e. The van der Waals surface area contributed by atoms with Gasteiger partial charge in [-0.1, -0.05) is 388 Å². The number of thiophene rings is 6. The summed E-state index contributed by atoms with van der Waals surface area (Å²) in [5, 5.41) is 0. The summed E-state index contributed by atoms with van der Waals surface area (Å²) in [6, 6.07) is 31.4. The summed E-state index contributed by atoms with van der Waals surface area (Å²) in [6.45, 7) is 14.1. The topological polar surface area (TPSA) is 0 Å². The molecule has 6 heterocycles. The highest BCUT2D eigenvalue weighted by Crippen LogP contribution is 2.60. The van der Waals surface area contributed by atoms with Gasteiger partial charge < -0.3 is 0 Å². The Labute approximate surface area is 692 Å². The Morgan fingerprint density at radius 3 is 0.343 bits per heavy atom. The van der Waals surface area contributed by atoms with Crippen LogP contribution in [0.3, 0.4) is 0 Å². The first-order valence-corrected chi connectivity index (χ1v) is 52.2. The van der Waals surface area contributed by atoms with Gasteiger partial charge in [0, 0.05) is 91.9 Å². The molecule has 0 N–H and O–H groups in total. The molecule has 0 unspecified atom stereocenters. The third-order valence-electron chi connectivity index (χ3n) is 23.6. The predicted molar refractivity (Wildman–Crippen MR) is 500 cm³/mol. The van der Waals surface area contributed by atoms with Crippen LogP contribution in [0.5, 0.6) is 0 Å². The molecule has 7 rings (SSSR count). The van der Waals surface area contributed by atoms with Crippen molar-refractivity contribution in [1.82, 2.24) is 0 Å².